The van der Waals surface area contributed by atoms with Gasteiger partial charge in [0.15, 0.2) is 5.76 Å². The number of esters is 4. The minimum absolute atomic E-state index is 0.0509. The SMILES string of the molecule is COC(=O)c1ccc(C=C2Oc3c(ccc4c3C(c3ccc(-c5cc(C(=O)OC)cc(C(=O)OC)c5)o3)CC(=O)O4)C2=O)cc1. The first-order valence-corrected chi connectivity index (χ1v) is 13.6. The number of allylic oxidation sites excluding steroid dienone is 1. The summed E-state index contributed by atoms with van der Waals surface area (Å²) in [6.45, 7) is 0. The standard InChI is InChI=1S/C34H24O11/c1-40-32(37)18-6-4-17(5-7-18)12-27-30(36)22-8-9-26-29(31(22)45-27)23(16-28(35)44-26)25-11-10-24(43-25)19-13-20(33(38)41-2)15-21(14-19)34(39)42-3/h4-15,23H,16H2,1-3H3. The molecule has 226 valence electrons. The fraction of sp³-hybridized carbons (Fsp3) is 0.147. The molecule has 0 radical (unpaired) electrons. The van der Waals surface area contributed by atoms with E-state index in [2.05, 4.69) is 0 Å². The highest BCUT2D eigenvalue weighted by molar-refractivity contribution is 6.15. The lowest BCUT2D eigenvalue weighted by Crippen LogP contribution is -2.21. The number of ether oxygens (including phenoxy) is 5. The molecule has 1 unspecified atom stereocenters. The molecule has 0 fully saturated rings. The van der Waals surface area contributed by atoms with Crippen molar-refractivity contribution in [3.8, 4) is 22.8 Å². The van der Waals surface area contributed by atoms with Crippen LogP contribution in [0.2, 0.25) is 0 Å². The predicted octanol–water partition coefficient (Wildman–Crippen LogP) is 5.36. The lowest BCUT2D eigenvalue weighted by atomic mass is 9.88. The highest BCUT2D eigenvalue weighted by atomic mass is 16.5. The van der Waals surface area contributed by atoms with Crippen molar-refractivity contribution in [2.75, 3.05) is 21.3 Å². The van der Waals surface area contributed by atoms with Crippen LogP contribution in [0.3, 0.4) is 0 Å². The average molecular weight is 609 g/mol. The van der Waals surface area contributed by atoms with Crippen LogP contribution in [0.15, 0.2) is 76.9 Å². The second-order valence-electron chi connectivity index (χ2n) is 10.1. The third-order valence-corrected chi connectivity index (χ3v) is 7.44. The summed E-state index contributed by atoms with van der Waals surface area (Å²) in [5.74, 6) is -2.15. The Bertz CT molecular complexity index is 1890. The van der Waals surface area contributed by atoms with Crippen molar-refractivity contribution < 1.29 is 52.1 Å². The van der Waals surface area contributed by atoms with Crippen LogP contribution in [0.25, 0.3) is 17.4 Å². The lowest BCUT2D eigenvalue weighted by molar-refractivity contribution is -0.135. The van der Waals surface area contributed by atoms with Crippen molar-refractivity contribution in [2.24, 2.45) is 0 Å². The van der Waals surface area contributed by atoms with Crippen molar-refractivity contribution in [2.45, 2.75) is 12.3 Å². The molecule has 1 atom stereocenters. The van der Waals surface area contributed by atoms with Crippen LogP contribution >= 0.6 is 0 Å². The lowest BCUT2D eigenvalue weighted by Gasteiger charge is -2.24. The van der Waals surface area contributed by atoms with Gasteiger partial charge in [0.2, 0.25) is 5.78 Å². The monoisotopic (exact) mass is 608 g/mol. The largest absolute Gasteiger partial charge is 0.465 e. The summed E-state index contributed by atoms with van der Waals surface area (Å²) in [6.07, 6.45) is 1.45. The van der Waals surface area contributed by atoms with E-state index in [1.165, 1.54) is 45.6 Å². The van der Waals surface area contributed by atoms with Crippen molar-refractivity contribution in [1.82, 2.24) is 0 Å². The molecule has 1 aromatic heterocycles. The summed E-state index contributed by atoms with van der Waals surface area (Å²) in [5.41, 5.74) is 2.35. The number of carbonyl (C=O) groups excluding carboxylic acids is 5. The molecule has 0 N–H and O–H groups in total. The van der Waals surface area contributed by atoms with E-state index in [0.29, 0.717) is 33.8 Å². The maximum absolute atomic E-state index is 13.4. The van der Waals surface area contributed by atoms with Gasteiger partial charge < -0.3 is 28.1 Å². The molecule has 0 spiro atoms. The third kappa shape index (κ3) is 5.35. The summed E-state index contributed by atoms with van der Waals surface area (Å²) in [4.78, 5) is 62.4. The summed E-state index contributed by atoms with van der Waals surface area (Å²) >= 11 is 0. The Morgan fingerprint density at radius 1 is 0.756 bits per heavy atom. The van der Waals surface area contributed by atoms with Crippen LogP contribution in [0.5, 0.6) is 11.5 Å². The molecule has 0 bridgehead atoms. The molecule has 6 rings (SSSR count). The molecule has 4 aromatic rings. The van der Waals surface area contributed by atoms with Gasteiger partial charge in [-0.3, -0.25) is 9.59 Å². The van der Waals surface area contributed by atoms with Gasteiger partial charge in [-0.05, 0) is 66.2 Å². The summed E-state index contributed by atoms with van der Waals surface area (Å²) in [5, 5.41) is 0. The Labute approximate surface area is 255 Å². The van der Waals surface area contributed by atoms with Crippen molar-refractivity contribution >= 4 is 35.7 Å². The van der Waals surface area contributed by atoms with Gasteiger partial charge in [0.25, 0.3) is 0 Å². The summed E-state index contributed by atoms with van der Waals surface area (Å²) < 4.78 is 32.2. The van der Waals surface area contributed by atoms with Crippen LogP contribution in [-0.2, 0) is 19.0 Å². The van der Waals surface area contributed by atoms with Crippen molar-refractivity contribution in [1.29, 1.82) is 0 Å². The minimum Gasteiger partial charge on any atom is -0.465 e. The first kappa shape index (κ1) is 29.1. The Morgan fingerprint density at radius 2 is 1.40 bits per heavy atom. The van der Waals surface area contributed by atoms with Crippen LogP contribution in [0, 0.1) is 0 Å². The Hall–Kier alpha value is -5.97. The maximum Gasteiger partial charge on any atom is 0.337 e. The first-order valence-electron chi connectivity index (χ1n) is 13.6. The molecule has 0 aliphatic carbocycles. The number of rotatable bonds is 6. The maximum atomic E-state index is 13.4. The minimum atomic E-state index is -0.680. The van der Waals surface area contributed by atoms with Gasteiger partial charge in [-0.25, -0.2) is 14.4 Å². The fourth-order valence-electron chi connectivity index (χ4n) is 5.27. The van der Waals surface area contributed by atoms with E-state index in [9.17, 15) is 24.0 Å². The van der Waals surface area contributed by atoms with E-state index in [4.69, 9.17) is 28.1 Å². The average Bonchev–Trinajstić information content (AvgIpc) is 3.68. The van der Waals surface area contributed by atoms with E-state index in [0.717, 1.165) is 0 Å². The molecule has 3 aromatic carbocycles. The predicted molar refractivity (Wildman–Crippen MR) is 156 cm³/mol. The Balaban J connectivity index is 1.37. The Morgan fingerprint density at radius 3 is 2.04 bits per heavy atom. The molecule has 2 aliphatic rings. The molecule has 3 heterocycles. The number of methoxy groups -OCH3 is 3. The van der Waals surface area contributed by atoms with Crippen LogP contribution in [0.1, 0.15) is 70.7 Å². The molecule has 0 saturated heterocycles. The van der Waals surface area contributed by atoms with Crippen LogP contribution < -0.4 is 9.47 Å². The normalized spacial score (nSPS) is 15.9. The molecule has 11 heteroatoms. The second kappa shape index (κ2) is 11.6. The van der Waals surface area contributed by atoms with E-state index in [1.807, 2.05) is 0 Å². The number of Topliss-reactive ketones (excluding diaryl/α,β-unsaturated/α-hetero) is 1. The zero-order valence-electron chi connectivity index (χ0n) is 24.2. The van der Waals surface area contributed by atoms with Crippen molar-refractivity contribution in [3.05, 3.63) is 112 Å². The zero-order chi connectivity index (χ0) is 31.8. The number of ketones is 1. The molecule has 11 nitrogen and oxygen atoms in total. The van der Waals surface area contributed by atoms with E-state index < -0.39 is 29.8 Å². The van der Waals surface area contributed by atoms with E-state index >= 15 is 0 Å². The van der Waals surface area contributed by atoms with Gasteiger partial charge in [0, 0.05) is 11.1 Å². The van der Waals surface area contributed by atoms with Gasteiger partial charge in [-0.2, -0.15) is 0 Å². The topological polar surface area (TPSA) is 145 Å². The number of hydrogen-bond acceptors (Lipinski definition) is 11. The molecule has 2 aliphatic heterocycles. The smallest absolute Gasteiger partial charge is 0.337 e. The number of hydrogen-bond donors (Lipinski definition) is 0. The molecule has 0 amide bonds. The third-order valence-electron chi connectivity index (χ3n) is 7.44. The van der Waals surface area contributed by atoms with Gasteiger partial charge in [-0.15, -0.1) is 0 Å². The molecule has 45 heavy (non-hydrogen) atoms. The van der Waals surface area contributed by atoms with E-state index in [1.54, 1.807) is 48.5 Å². The van der Waals surface area contributed by atoms with E-state index in [-0.39, 0.29) is 46.2 Å². The van der Waals surface area contributed by atoms with Crippen LogP contribution in [-0.4, -0.2) is 51.0 Å². The highest BCUT2D eigenvalue weighted by Gasteiger charge is 2.39. The molecular formula is C34H24O11. The number of carbonyl (C=O) groups is 5. The first-order chi connectivity index (χ1) is 21.7. The van der Waals surface area contributed by atoms with Gasteiger partial charge >= 0.3 is 23.9 Å². The Kier molecular flexibility index (Phi) is 7.51. The fourth-order valence-corrected chi connectivity index (χ4v) is 5.27. The molecule has 0 saturated carbocycles. The highest BCUT2D eigenvalue weighted by Crippen LogP contribution is 2.49. The van der Waals surface area contributed by atoms with Crippen molar-refractivity contribution in [3.63, 3.8) is 0 Å². The number of benzene rings is 3. The van der Waals surface area contributed by atoms with Crippen LogP contribution in [0.4, 0.5) is 0 Å². The summed E-state index contributed by atoms with van der Waals surface area (Å²) in [6, 6.07) is 17.2. The van der Waals surface area contributed by atoms with Gasteiger partial charge in [0.05, 0.1) is 55.9 Å². The summed E-state index contributed by atoms with van der Waals surface area (Å²) in [7, 11) is 3.74. The number of fused-ring (bicyclic) bond motifs is 3. The molecular weight excluding hydrogens is 584 g/mol. The zero-order valence-corrected chi connectivity index (χ0v) is 24.2. The van der Waals surface area contributed by atoms with Gasteiger partial charge in [0.1, 0.15) is 23.0 Å². The second-order valence-corrected chi connectivity index (χ2v) is 10.1. The quantitative estimate of drug-likeness (QED) is 0.121. The van der Waals surface area contributed by atoms with Gasteiger partial charge in [-0.1, -0.05) is 12.1 Å². The number of furan rings is 1.